The zero-order chi connectivity index (χ0) is 13.2. The van der Waals surface area contributed by atoms with Crippen molar-refractivity contribution in [3.63, 3.8) is 0 Å². The van der Waals surface area contributed by atoms with Crippen molar-refractivity contribution in [3.8, 4) is 6.07 Å². The highest BCUT2D eigenvalue weighted by atomic mass is 16.2. The van der Waals surface area contributed by atoms with Crippen LogP contribution >= 0.6 is 0 Å². The van der Waals surface area contributed by atoms with Crippen molar-refractivity contribution in [2.45, 2.75) is 57.9 Å². The number of nitriles is 1. The van der Waals surface area contributed by atoms with Crippen LogP contribution in [-0.2, 0) is 4.79 Å². The molecule has 1 aliphatic heterocycles. The van der Waals surface area contributed by atoms with Crippen molar-refractivity contribution < 1.29 is 4.79 Å². The first kappa shape index (κ1) is 15.0. The highest BCUT2D eigenvalue weighted by Gasteiger charge is 2.27. The number of carbonyl (C=O) groups excluding carboxylic acids is 1. The lowest BCUT2D eigenvalue weighted by atomic mass is 10.1. The van der Waals surface area contributed by atoms with Gasteiger partial charge in [-0.1, -0.05) is 32.6 Å². The van der Waals surface area contributed by atoms with Crippen molar-refractivity contribution in [3.05, 3.63) is 0 Å². The number of nitrogens with one attached hydrogen (secondary N) is 1. The Morgan fingerprint density at radius 2 is 2.17 bits per heavy atom. The summed E-state index contributed by atoms with van der Waals surface area (Å²) >= 11 is 0. The smallest absolute Gasteiger partial charge is 0.237 e. The van der Waals surface area contributed by atoms with E-state index in [1.54, 1.807) is 4.90 Å². The van der Waals surface area contributed by atoms with Gasteiger partial charge in [0.15, 0.2) is 0 Å². The van der Waals surface area contributed by atoms with E-state index >= 15 is 0 Å². The van der Waals surface area contributed by atoms with Crippen LogP contribution in [-0.4, -0.2) is 36.5 Å². The Bertz CT molecular complexity index is 285. The molecule has 0 radical (unpaired) electrons. The van der Waals surface area contributed by atoms with Gasteiger partial charge in [-0.15, -0.1) is 0 Å². The van der Waals surface area contributed by atoms with Crippen LogP contribution in [0.15, 0.2) is 0 Å². The summed E-state index contributed by atoms with van der Waals surface area (Å²) in [4.78, 5) is 13.6. The highest BCUT2D eigenvalue weighted by Crippen LogP contribution is 2.15. The largest absolute Gasteiger partial charge is 0.326 e. The lowest BCUT2D eigenvalue weighted by Gasteiger charge is -2.19. The normalized spacial score (nSPS) is 18.9. The van der Waals surface area contributed by atoms with E-state index in [0.717, 1.165) is 32.4 Å². The predicted molar refractivity (Wildman–Crippen MR) is 72.0 cm³/mol. The molecule has 1 rings (SSSR count). The Balaban J connectivity index is 2.05. The fourth-order valence-corrected chi connectivity index (χ4v) is 2.35. The summed E-state index contributed by atoms with van der Waals surface area (Å²) in [6.07, 6.45) is 8.01. The molecule has 0 aliphatic carbocycles. The first-order chi connectivity index (χ1) is 8.79. The maximum absolute atomic E-state index is 11.9. The summed E-state index contributed by atoms with van der Waals surface area (Å²) < 4.78 is 0. The molecule has 0 aromatic heterocycles. The van der Waals surface area contributed by atoms with Gasteiger partial charge in [0.1, 0.15) is 6.04 Å². The third-order valence-electron chi connectivity index (χ3n) is 3.46. The van der Waals surface area contributed by atoms with Crippen LogP contribution in [0.2, 0.25) is 0 Å². The summed E-state index contributed by atoms with van der Waals surface area (Å²) in [7, 11) is 0. The molecule has 1 N–H and O–H groups in total. The molecule has 0 aromatic carbocycles. The Morgan fingerprint density at radius 1 is 1.39 bits per heavy atom. The molecular formula is C14H25N3O. The standard InChI is InChI=1S/C14H25N3O/c1-2-3-4-5-6-9-16-12-14(18)17-10-7-8-13(17)11-15/h13,16H,2-10,12H2,1H3. The van der Waals surface area contributed by atoms with Crippen molar-refractivity contribution in [2.75, 3.05) is 19.6 Å². The fourth-order valence-electron chi connectivity index (χ4n) is 2.35. The molecule has 4 nitrogen and oxygen atoms in total. The Kier molecular flexibility index (Phi) is 7.43. The molecule has 0 spiro atoms. The zero-order valence-electron chi connectivity index (χ0n) is 11.5. The SMILES string of the molecule is CCCCCCCNCC(=O)N1CCCC1C#N. The summed E-state index contributed by atoms with van der Waals surface area (Å²) in [5.74, 6) is 0.0765. The first-order valence-electron chi connectivity index (χ1n) is 7.19. The van der Waals surface area contributed by atoms with Gasteiger partial charge in [-0.3, -0.25) is 4.79 Å². The fraction of sp³-hybridized carbons (Fsp3) is 0.857. The summed E-state index contributed by atoms with van der Waals surface area (Å²) in [5, 5.41) is 12.1. The monoisotopic (exact) mass is 251 g/mol. The minimum absolute atomic E-state index is 0.0765. The minimum atomic E-state index is -0.191. The topological polar surface area (TPSA) is 56.1 Å². The summed E-state index contributed by atoms with van der Waals surface area (Å²) in [6.45, 7) is 4.24. The summed E-state index contributed by atoms with van der Waals surface area (Å²) in [5.41, 5.74) is 0. The third-order valence-corrected chi connectivity index (χ3v) is 3.46. The third kappa shape index (κ3) is 5.05. The first-order valence-corrected chi connectivity index (χ1v) is 7.19. The molecular weight excluding hydrogens is 226 g/mol. The molecule has 1 unspecified atom stereocenters. The van der Waals surface area contributed by atoms with E-state index in [-0.39, 0.29) is 11.9 Å². The Labute approximate surface area is 110 Å². The number of nitrogens with zero attached hydrogens (tertiary/aromatic N) is 2. The van der Waals surface area contributed by atoms with Crippen LogP contribution in [0.1, 0.15) is 51.9 Å². The molecule has 1 aliphatic rings. The number of unbranched alkanes of at least 4 members (excludes halogenated alkanes) is 4. The van der Waals surface area contributed by atoms with E-state index in [2.05, 4.69) is 18.3 Å². The number of carbonyl (C=O) groups is 1. The molecule has 0 aromatic rings. The number of likely N-dealkylation sites (tertiary alicyclic amines) is 1. The second-order valence-electron chi connectivity index (χ2n) is 4.97. The molecule has 1 fully saturated rings. The van der Waals surface area contributed by atoms with Crippen molar-refractivity contribution in [1.29, 1.82) is 5.26 Å². The van der Waals surface area contributed by atoms with Gasteiger partial charge >= 0.3 is 0 Å². The van der Waals surface area contributed by atoms with E-state index in [1.807, 2.05) is 0 Å². The predicted octanol–water partition coefficient (Wildman–Crippen LogP) is 2.06. The number of hydrogen-bond donors (Lipinski definition) is 1. The molecule has 0 bridgehead atoms. The van der Waals surface area contributed by atoms with Gasteiger partial charge in [0.25, 0.3) is 0 Å². The van der Waals surface area contributed by atoms with Crippen LogP contribution in [0.3, 0.4) is 0 Å². The zero-order valence-corrected chi connectivity index (χ0v) is 11.5. The molecule has 1 heterocycles. The van der Waals surface area contributed by atoms with Crippen LogP contribution in [0.5, 0.6) is 0 Å². The molecule has 0 saturated carbocycles. The second kappa shape index (κ2) is 8.93. The van der Waals surface area contributed by atoms with Gasteiger partial charge in [0, 0.05) is 6.54 Å². The van der Waals surface area contributed by atoms with Gasteiger partial charge in [-0.2, -0.15) is 5.26 Å². The molecule has 4 heteroatoms. The van der Waals surface area contributed by atoms with Gasteiger partial charge in [-0.05, 0) is 25.8 Å². The van der Waals surface area contributed by atoms with Gasteiger partial charge < -0.3 is 10.2 Å². The number of rotatable bonds is 8. The van der Waals surface area contributed by atoms with Crippen molar-refractivity contribution >= 4 is 5.91 Å². The molecule has 1 atom stereocenters. The van der Waals surface area contributed by atoms with Gasteiger partial charge in [0.2, 0.25) is 5.91 Å². The van der Waals surface area contributed by atoms with Crippen molar-refractivity contribution in [2.24, 2.45) is 0 Å². The van der Waals surface area contributed by atoms with Gasteiger partial charge in [-0.25, -0.2) is 0 Å². The molecule has 102 valence electrons. The second-order valence-corrected chi connectivity index (χ2v) is 4.97. The van der Waals surface area contributed by atoms with Crippen LogP contribution < -0.4 is 5.32 Å². The quantitative estimate of drug-likeness (QED) is 0.672. The van der Waals surface area contributed by atoms with E-state index in [9.17, 15) is 4.79 Å². The minimum Gasteiger partial charge on any atom is -0.326 e. The van der Waals surface area contributed by atoms with Crippen LogP contribution in [0.4, 0.5) is 0 Å². The van der Waals surface area contributed by atoms with E-state index in [4.69, 9.17) is 5.26 Å². The average molecular weight is 251 g/mol. The van der Waals surface area contributed by atoms with E-state index in [1.165, 1.54) is 25.7 Å². The lowest BCUT2D eigenvalue weighted by molar-refractivity contribution is -0.130. The maximum atomic E-state index is 11.9. The number of amides is 1. The van der Waals surface area contributed by atoms with E-state index in [0.29, 0.717) is 6.54 Å². The molecule has 18 heavy (non-hydrogen) atoms. The van der Waals surface area contributed by atoms with Crippen LogP contribution in [0, 0.1) is 11.3 Å². The lowest BCUT2D eigenvalue weighted by Crippen LogP contribution is -2.40. The maximum Gasteiger partial charge on any atom is 0.237 e. The van der Waals surface area contributed by atoms with Crippen LogP contribution in [0.25, 0.3) is 0 Å². The van der Waals surface area contributed by atoms with Crippen molar-refractivity contribution in [1.82, 2.24) is 10.2 Å². The van der Waals surface area contributed by atoms with Gasteiger partial charge in [0.05, 0.1) is 12.6 Å². The highest BCUT2D eigenvalue weighted by molar-refractivity contribution is 5.79. The average Bonchev–Trinajstić information content (AvgIpc) is 2.85. The Hall–Kier alpha value is -1.08. The molecule has 1 saturated heterocycles. The van der Waals surface area contributed by atoms with E-state index < -0.39 is 0 Å². The molecule has 1 amide bonds. The Morgan fingerprint density at radius 3 is 2.89 bits per heavy atom. The number of hydrogen-bond acceptors (Lipinski definition) is 3. The summed E-state index contributed by atoms with van der Waals surface area (Å²) in [6, 6.07) is 2.01.